The zero-order valence-corrected chi connectivity index (χ0v) is 8.88. The maximum atomic E-state index is 2.47. The van der Waals surface area contributed by atoms with Gasteiger partial charge < -0.3 is 0 Å². The maximum absolute atomic E-state index is 2.47. The lowest BCUT2D eigenvalue weighted by Crippen LogP contribution is -2.48. The minimum absolute atomic E-state index is 0.980. The Morgan fingerprint density at radius 1 is 0.750 bits per heavy atom. The van der Waals surface area contributed by atoms with Crippen LogP contribution in [0.3, 0.4) is 0 Å². The summed E-state index contributed by atoms with van der Waals surface area (Å²) in [5.41, 5.74) is 0. The molecule has 0 aromatic rings. The second-order valence-corrected chi connectivity index (χ2v) is 5.50. The van der Waals surface area contributed by atoms with Gasteiger partial charge in [-0.05, 0) is 48.3 Å². The van der Waals surface area contributed by atoms with Gasteiger partial charge in [-0.1, -0.05) is 27.7 Å². The maximum Gasteiger partial charge on any atom is -0.0331 e. The minimum Gasteiger partial charge on any atom is -0.0622 e. The molecule has 0 heterocycles. The smallest absolute Gasteiger partial charge is 0.0331 e. The number of rotatable bonds is 0. The highest BCUT2D eigenvalue weighted by Gasteiger charge is 2.48. The lowest BCUT2D eigenvalue weighted by Gasteiger charge is -2.55. The van der Waals surface area contributed by atoms with Crippen molar-refractivity contribution < 1.29 is 0 Å². The molecular formula is C12H22. The average molecular weight is 166 g/mol. The lowest BCUT2D eigenvalue weighted by molar-refractivity contribution is -0.0630. The van der Waals surface area contributed by atoms with Crippen molar-refractivity contribution in [1.29, 1.82) is 0 Å². The Balaban J connectivity index is 2.09. The summed E-state index contributed by atoms with van der Waals surface area (Å²) in [4.78, 5) is 0. The van der Waals surface area contributed by atoms with Crippen LogP contribution in [0.2, 0.25) is 0 Å². The van der Waals surface area contributed by atoms with E-state index in [1.54, 1.807) is 0 Å². The normalized spacial score (nSPS) is 59.0. The third kappa shape index (κ3) is 1.03. The van der Waals surface area contributed by atoms with Gasteiger partial charge in [-0.2, -0.15) is 0 Å². The molecule has 6 atom stereocenters. The standard InChI is InChI=1S/C12H22/c1-7-5-8(2)12-9(3)6-11(12)10(7)4/h7-12H,5-6H2,1-4H3/t7?,8?,9?,10?,11-,12?/m0/s1. The third-order valence-corrected chi connectivity index (χ3v) is 4.77. The summed E-state index contributed by atoms with van der Waals surface area (Å²) < 4.78 is 0. The highest BCUT2D eigenvalue weighted by Crippen LogP contribution is 2.55. The first-order valence-electron chi connectivity index (χ1n) is 5.61. The summed E-state index contributed by atoms with van der Waals surface area (Å²) in [7, 11) is 0. The van der Waals surface area contributed by atoms with E-state index in [9.17, 15) is 0 Å². The van der Waals surface area contributed by atoms with E-state index in [0.29, 0.717) is 0 Å². The van der Waals surface area contributed by atoms with Crippen molar-refractivity contribution in [3.8, 4) is 0 Å². The zero-order valence-electron chi connectivity index (χ0n) is 8.88. The zero-order chi connectivity index (χ0) is 8.88. The molecule has 0 amide bonds. The van der Waals surface area contributed by atoms with Crippen LogP contribution in [0, 0.1) is 35.5 Å². The number of hydrogen-bond acceptors (Lipinski definition) is 0. The number of hydrogen-bond donors (Lipinski definition) is 0. The Morgan fingerprint density at radius 2 is 1.33 bits per heavy atom. The Labute approximate surface area is 76.7 Å². The largest absolute Gasteiger partial charge is 0.0622 e. The molecule has 0 spiro atoms. The van der Waals surface area contributed by atoms with E-state index in [-0.39, 0.29) is 0 Å². The van der Waals surface area contributed by atoms with Crippen molar-refractivity contribution >= 4 is 0 Å². The topological polar surface area (TPSA) is 0 Å². The second-order valence-electron chi connectivity index (χ2n) is 5.50. The van der Waals surface area contributed by atoms with Crippen LogP contribution in [0.1, 0.15) is 40.5 Å². The molecule has 12 heavy (non-hydrogen) atoms. The van der Waals surface area contributed by atoms with Crippen LogP contribution < -0.4 is 0 Å². The van der Waals surface area contributed by atoms with Crippen LogP contribution in [0.5, 0.6) is 0 Å². The molecule has 0 saturated heterocycles. The molecule has 5 unspecified atom stereocenters. The molecule has 0 bridgehead atoms. The van der Waals surface area contributed by atoms with E-state index in [1.807, 2.05) is 0 Å². The molecule has 0 aromatic carbocycles. The fourth-order valence-corrected chi connectivity index (χ4v) is 3.90. The van der Waals surface area contributed by atoms with E-state index < -0.39 is 0 Å². The molecule has 0 radical (unpaired) electrons. The van der Waals surface area contributed by atoms with Crippen LogP contribution in [-0.2, 0) is 0 Å². The Morgan fingerprint density at radius 3 is 1.92 bits per heavy atom. The van der Waals surface area contributed by atoms with Crippen molar-refractivity contribution in [2.75, 3.05) is 0 Å². The average Bonchev–Trinajstić information content (AvgIpc) is 1.96. The van der Waals surface area contributed by atoms with Gasteiger partial charge in [0.05, 0.1) is 0 Å². The summed E-state index contributed by atoms with van der Waals surface area (Å²) in [5, 5.41) is 0. The van der Waals surface area contributed by atoms with Crippen LogP contribution in [-0.4, -0.2) is 0 Å². The van der Waals surface area contributed by atoms with Gasteiger partial charge in [0.2, 0.25) is 0 Å². The van der Waals surface area contributed by atoms with Crippen molar-refractivity contribution in [3.63, 3.8) is 0 Å². The summed E-state index contributed by atoms with van der Waals surface area (Å²) in [6.45, 7) is 9.83. The summed E-state index contributed by atoms with van der Waals surface area (Å²) in [6.07, 6.45) is 2.99. The fourth-order valence-electron chi connectivity index (χ4n) is 3.90. The molecule has 0 heteroatoms. The van der Waals surface area contributed by atoms with Crippen molar-refractivity contribution in [2.24, 2.45) is 35.5 Å². The Bertz CT molecular complexity index is 173. The Kier molecular flexibility index (Phi) is 1.97. The van der Waals surface area contributed by atoms with Crippen molar-refractivity contribution in [2.45, 2.75) is 40.5 Å². The predicted octanol–water partition coefficient (Wildman–Crippen LogP) is 3.57. The van der Waals surface area contributed by atoms with Gasteiger partial charge in [0.1, 0.15) is 0 Å². The van der Waals surface area contributed by atoms with Gasteiger partial charge >= 0.3 is 0 Å². The first-order valence-corrected chi connectivity index (χ1v) is 5.61. The highest BCUT2D eigenvalue weighted by atomic mass is 14.5. The summed E-state index contributed by atoms with van der Waals surface area (Å²) in [5.74, 6) is 6.18. The van der Waals surface area contributed by atoms with E-state index in [1.165, 1.54) is 12.8 Å². The molecule has 0 N–H and O–H groups in total. The molecule has 2 saturated carbocycles. The molecule has 0 nitrogen and oxygen atoms in total. The van der Waals surface area contributed by atoms with E-state index in [0.717, 1.165) is 35.5 Å². The summed E-state index contributed by atoms with van der Waals surface area (Å²) in [6, 6.07) is 0. The fraction of sp³-hybridized carbons (Fsp3) is 1.00. The van der Waals surface area contributed by atoms with Gasteiger partial charge in [0, 0.05) is 0 Å². The first-order chi connectivity index (χ1) is 5.61. The molecular weight excluding hydrogens is 144 g/mol. The molecule has 2 fully saturated rings. The van der Waals surface area contributed by atoms with Crippen molar-refractivity contribution in [3.05, 3.63) is 0 Å². The molecule has 70 valence electrons. The van der Waals surface area contributed by atoms with Gasteiger partial charge in [-0.3, -0.25) is 0 Å². The third-order valence-electron chi connectivity index (χ3n) is 4.77. The quantitative estimate of drug-likeness (QED) is 0.516. The first kappa shape index (κ1) is 8.59. The monoisotopic (exact) mass is 166 g/mol. The van der Waals surface area contributed by atoms with Crippen LogP contribution in [0.25, 0.3) is 0 Å². The Hall–Kier alpha value is 0. The van der Waals surface area contributed by atoms with Crippen LogP contribution >= 0.6 is 0 Å². The van der Waals surface area contributed by atoms with Crippen molar-refractivity contribution in [1.82, 2.24) is 0 Å². The van der Waals surface area contributed by atoms with Gasteiger partial charge in [-0.15, -0.1) is 0 Å². The predicted molar refractivity (Wildman–Crippen MR) is 52.9 cm³/mol. The molecule has 0 aromatic heterocycles. The SMILES string of the molecule is CC1CC(C)C2C(C)C[C@H]2C1C. The van der Waals surface area contributed by atoms with Crippen LogP contribution in [0.15, 0.2) is 0 Å². The van der Waals surface area contributed by atoms with E-state index >= 15 is 0 Å². The molecule has 2 aliphatic carbocycles. The van der Waals surface area contributed by atoms with Gasteiger partial charge in [0.15, 0.2) is 0 Å². The lowest BCUT2D eigenvalue weighted by atomic mass is 9.50. The highest BCUT2D eigenvalue weighted by molar-refractivity contribution is 4.97. The minimum atomic E-state index is 0.980. The van der Waals surface area contributed by atoms with Gasteiger partial charge in [-0.25, -0.2) is 0 Å². The number of fused-ring (bicyclic) bond motifs is 1. The summed E-state index contributed by atoms with van der Waals surface area (Å²) >= 11 is 0. The van der Waals surface area contributed by atoms with E-state index in [2.05, 4.69) is 27.7 Å². The van der Waals surface area contributed by atoms with Crippen LogP contribution in [0.4, 0.5) is 0 Å². The van der Waals surface area contributed by atoms with E-state index in [4.69, 9.17) is 0 Å². The molecule has 2 aliphatic rings. The molecule has 0 aliphatic heterocycles. The second kappa shape index (κ2) is 2.75. The van der Waals surface area contributed by atoms with Gasteiger partial charge in [0.25, 0.3) is 0 Å². The molecule has 2 rings (SSSR count).